The molecule has 0 radical (unpaired) electrons. The minimum atomic E-state index is -0.866. The molecule has 0 aromatic heterocycles. The molecule has 0 saturated heterocycles. The Bertz CT molecular complexity index is 50.5. The smallest absolute Gasteiger partial charge is 0.831 e. The molecule has 0 aliphatic heterocycles. The molecule has 0 saturated carbocycles. The summed E-state index contributed by atoms with van der Waals surface area (Å²) in [5.41, 5.74) is 0. The van der Waals surface area contributed by atoms with Crippen molar-refractivity contribution in [2.24, 2.45) is 0 Å². The first-order valence-corrected chi connectivity index (χ1v) is 2.91. The van der Waals surface area contributed by atoms with Crippen molar-refractivity contribution in [2.45, 2.75) is 26.4 Å². The van der Waals surface area contributed by atoms with Crippen LogP contribution in [0.5, 0.6) is 0 Å². The predicted molar refractivity (Wildman–Crippen MR) is 32.9 cm³/mol. The molecule has 0 aliphatic rings. The molecule has 0 aromatic rings. The van der Waals surface area contributed by atoms with E-state index in [1.165, 1.54) is 28.1 Å². The van der Waals surface area contributed by atoms with Crippen LogP contribution < -0.4 is 10.2 Å². The molecular formula is C6H14NiO4. The van der Waals surface area contributed by atoms with E-state index in [0.717, 1.165) is 0 Å². The fourth-order valence-electron chi connectivity index (χ4n) is 0. The Hall–Kier alpha value is 0.334. The Morgan fingerprint density at radius 1 is 0.909 bits per heavy atom. The molecule has 0 N–H and O–H groups in total. The van der Waals surface area contributed by atoms with Crippen LogP contribution in [0.25, 0.3) is 0 Å². The van der Waals surface area contributed by atoms with Crippen LogP contribution in [0.2, 0.25) is 0 Å². The van der Waals surface area contributed by atoms with E-state index in [4.69, 9.17) is 0 Å². The fourth-order valence-corrected chi connectivity index (χ4v) is 0. The third kappa shape index (κ3) is 38.2. The van der Waals surface area contributed by atoms with Crippen molar-refractivity contribution < 1.29 is 36.2 Å². The van der Waals surface area contributed by atoms with Gasteiger partial charge < -0.3 is 19.7 Å². The summed E-state index contributed by atoms with van der Waals surface area (Å²) in [5, 5.41) is 19.3. The Labute approximate surface area is 77.4 Å². The number of hydrogen-bond donors (Lipinski definition) is 0. The second-order valence-electron chi connectivity index (χ2n) is 1.61. The number of rotatable bonds is 2. The minimum absolute atomic E-state index is 0. The van der Waals surface area contributed by atoms with Crippen LogP contribution >= 0.6 is 0 Å². The standard InChI is InChI=1S/2C3H7O2.Ni/c2*1-3(4)5-2;/h2*3H,1-2H3;/q2*-1;+2. The monoisotopic (exact) mass is 208 g/mol. The zero-order chi connectivity index (χ0) is 8.57. The first-order valence-electron chi connectivity index (χ1n) is 2.91. The average molecular weight is 209 g/mol. The molecule has 0 amide bonds. The molecule has 2 atom stereocenters. The third-order valence-corrected chi connectivity index (χ3v) is 0.664. The Morgan fingerprint density at radius 3 is 1.00 bits per heavy atom. The fraction of sp³-hybridized carbons (Fsp3) is 1.00. The first kappa shape index (κ1) is 17.4. The van der Waals surface area contributed by atoms with Crippen LogP contribution in [0.1, 0.15) is 13.8 Å². The van der Waals surface area contributed by atoms with Crippen LogP contribution in [0, 0.1) is 0 Å². The van der Waals surface area contributed by atoms with Crippen molar-refractivity contribution in [3.8, 4) is 0 Å². The second-order valence-corrected chi connectivity index (χ2v) is 1.61. The molecule has 0 aliphatic carbocycles. The summed E-state index contributed by atoms with van der Waals surface area (Å²) in [7, 11) is 2.77. The molecule has 0 bridgehead atoms. The van der Waals surface area contributed by atoms with Gasteiger partial charge in [-0.3, -0.25) is 0 Å². The van der Waals surface area contributed by atoms with E-state index in [2.05, 4.69) is 9.47 Å². The molecule has 0 fully saturated rings. The van der Waals surface area contributed by atoms with Crippen LogP contribution in [-0.2, 0) is 26.0 Å². The van der Waals surface area contributed by atoms with E-state index in [-0.39, 0.29) is 16.5 Å². The van der Waals surface area contributed by atoms with Crippen molar-refractivity contribution >= 4 is 0 Å². The van der Waals surface area contributed by atoms with Gasteiger partial charge in [0.25, 0.3) is 0 Å². The van der Waals surface area contributed by atoms with Crippen molar-refractivity contribution in [2.75, 3.05) is 14.2 Å². The Morgan fingerprint density at radius 2 is 1.00 bits per heavy atom. The van der Waals surface area contributed by atoms with Crippen molar-refractivity contribution in [1.82, 2.24) is 0 Å². The molecule has 2 unspecified atom stereocenters. The maximum absolute atomic E-state index is 9.67. The van der Waals surface area contributed by atoms with Gasteiger partial charge >= 0.3 is 16.5 Å². The van der Waals surface area contributed by atoms with E-state index >= 15 is 0 Å². The third-order valence-electron chi connectivity index (χ3n) is 0.664. The maximum atomic E-state index is 9.67. The maximum Gasteiger partial charge on any atom is 2.00 e. The molecule has 0 heterocycles. The van der Waals surface area contributed by atoms with E-state index in [0.29, 0.717) is 0 Å². The molecular weight excluding hydrogens is 195 g/mol. The van der Waals surface area contributed by atoms with Gasteiger partial charge in [-0.2, -0.15) is 0 Å². The Kier molecular flexibility index (Phi) is 20.5. The van der Waals surface area contributed by atoms with Crippen LogP contribution in [0.4, 0.5) is 0 Å². The number of hydrogen-bond acceptors (Lipinski definition) is 4. The summed E-state index contributed by atoms with van der Waals surface area (Å²) < 4.78 is 8.39. The summed E-state index contributed by atoms with van der Waals surface area (Å²) in [5.74, 6) is 0. The Balaban J connectivity index is -0.000000107. The second kappa shape index (κ2) is 13.0. The zero-order valence-corrected chi connectivity index (χ0v) is 8.09. The molecule has 11 heavy (non-hydrogen) atoms. The van der Waals surface area contributed by atoms with Gasteiger partial charge in [0.2, 0.25) is 0 Å². The van der Waals surface area contributed by atoms with E-state index in [1.807, 2.05) is 0 Å². The summed E-state index contributed by atoms with van der Waals surface area (Å²) in [6, 6.07) is 0. The normalized spacial score (nSPS) is 13.6. The molecule has 4 nitrogen and oxygen atoms in total. The summed E-state index contributed by atoms with van der Waals surface area (Å²) in [4.78, 5) is 0. The van der Waals surface area contributed by atoms with Gasteiger partial charge in [-0.25, -0.2) is 0 Å². The average Bonchev–Trinajstić information content (AvgIpc) is 1.89. The van der Waals surface area contributed by atoms with Gasteiger partial charge in [0.05, 0.1) is 0 Å². The van der Waals surface area contributed by atoms with E-state index < -0.39 is 12.6 Å². The molecule has 72 valence electrons. The molecule has 5 heteroatoms. The molecule has 0 rings (SSSR count). The van der Waals surface area contributed by atoms with Gasteiger partial charge in [-0.1, -0.05) is 13.8 Å². The van der Waals surface area contributed by atoms with Crippen molar-refractivity contribution in [3.63, 3.8) is 0 Å². The topological polar surface area (TPSA) is 64.6 Å². The predicted octanol–water partition coefficient (Wildman–Crippen LogP) is -1.32. The molecule has 0 spiro atoms. The largest absolute Gasteiger partial charge is 2.00 e. The zero-order valence-electron chi connectivity index (χ0n) is 7.10. The SMILES string of the molecule is COC(C)[O-].COC(C)[O-].[Ni+2]. The van der Waals surface area contributed by atoms with E-state index in [1.54, 1.807) is 0 Å². The van der Waals surface area contributed by atoms with Gasteiger partial charge in [0.1, 0.15) is 0 Å². The number of ether oxygens (including phenoxy) is 2. The minimum Gasteiger partial charge on any atom is -0.831 e. The van der Waals surface area contributed by atoms with Gasteiger partial charge in [-0.05, 0) is 12.6 Å². The van der Waals surface area contributed by atoms with Gasteiger partial charge in [-0.15, -0.1) is 0 Å². The van der Waals surface area contributed by atoms with Crippen LogP contribution in [-0.4, -0.2) is 26.8 Å². The summed E-state index contributed by atoms with van der Waals surface area (Å²) in [6.07, 6.45) is -1.73. The van der Waals surface area contributed by atoms with Crippen molar-refractivity contribution in [3.05, 3.63) is 0 Å². The van der Waals surface area contributed by atoms with Gasteiger partial charge in [0, 0.05) is 14.2 Å². The van der Waals surface area contributed by atoms with Crippen molar-refractivity contribution in [1.29, 1.82) is 0 Å². The van der Waals surface area contributed by atoms with Crippen LogP contribution in [0.15, 0.2) is 0 Å². The molecule has 0 aromatic carbocycles. The summed E-state index contributed by atoms with van der Waals surface area (Å²) in [6.45, 7) is 2.89. The van der Waals surface area contributed by atoms with E-state index in [9.17, 15) is 10.2 Å². The number of methoxy groups -OCH3 is 2. The first-order chi connectivity index (χ1) is 4.54. The quantitative estimate of drug-likeness (QED) is 0.417. The summed E-state index contributed by atoms with van der Waals surface area (Å²) >= 11 is 0. The van der Waals surface area contributed by atoms with Gasteiger partial charge in [0.15, 0.2) is 0 Å². The van der Waals surface area contributed by atoms with Crippen LogP contribution in [0.3, 0.4) is 0 Å².